The van der Waals surface area contributed by atoms with Gasteiger partial charge in [0.2, 0.25) is 0 Å². The summed E-state index contributed by atoms with van der Waals surface area (Å²) in [6, 6.07) is 0. The molecule has 2 aliphatic heterocycles. The van der Waals surface area contributed by atoms with E-state index in [1.54, 1.807) is 0 Å². The zero-order chi connectivity index (χ0) is 22.4. The number of carbonyl (C=O) groups excluding carboxylic acids is 3. The molecule has 3 aliphatic carbocycles. The average Bonchev–Trinajstić information content (AvgIpc) is 3.40. The number of esters is 2. The van der Waals surface area contributed by atoms with Crippen molar-refractivity contribution in [2.24, 2.45) is 29.6 Å². The van der Waals surface area contributed by atoms with Crippen LogP contribution < -0.4 is 0 Å². The topological polar surface area (TPSA) is 69.7 Å². The van der Waals surface area contributed by atoms with Crippen LogP contribution in [0.5, 0.6) is 0 Å². The van der Waals surface area contributed by atoms with Crippen molar-refractivity contribution in [3.63, 3.8) is 0 Å². The normalized spacial score (nSPS) is 39.6. The van der Waals surface area contributed by atoms with Crippen molar-refractivity contribution >= 4 is 17.7 Å². The molecule has 5 rings (SSSR count). The van der Waals surface area contributed by atoms with Gasteiger partial charge >= 0.3 is 11.9 Å². The number of hydrogen-bond acceptors (Lipinski definition) is 5. The third kappa shape index (κ3) is 3.68. The Morgan fingerprint density at radius 3 is 2.59 bits per heavy atom. The fourth-order valence-corrected chi connectivity index (χ4v) is 6.94. The Morgan fingerprint density at radius 1 is 0.969 bits per heavy atom. The van der Waals surface area contributed by atoms with E-state index in [0.29, 0.717) is 5.92 Å². The standard InChI is InChI=1S/C27H34O5/c1-3-16-8-5-4-7-15(2)26(30)22-13-20-18-10-6-9-17(18)19-11-12-23(28)32-27(19)25(20)21(22)14-24(29)31-16/h11-13,15-16,18,20-21,25,27H,3-10,14H2,1-2H3/t15-,16+,18?,20?,21?,25?,27?/m1/s1. The van der Waals surface area contributed by atoms with Crippen LogP contribution in [-0.4, -0.2) is 29.9 Å². The van der Waals surface area contributed by atoms with Crippen molar-refractivity contribution in [2.45, 2.75) is 83.8 Å². The Hall–Kier alpha value is -2.17. The summed E-state index contributed by atoms with van der Waals surface area (Å²) in [5, 5.41) is 0. The molecule has 172 valence electrons. The lowest BCUT2D eigenvalue weighted by Crippen LogP contribution is -2.44. The van der Waals surface area contributed by atoms with Crippen molar-refractivity contribution < 1.29 is 23.9 Å². The molecule has 5 heteroatoms. The van der Waals surface area contributed by atoms with Crippen molar-refractivity contribution in [2.75, 3.05) is 0 Å². The molecule has 1 saturated carbocycles. The molecular formula is C27H34O5. The fraction of sp³-hybridized carbons (Fsp3) is 0.667. The van der Waals surface area contributed by atoms with Gasteiger partial charge in [0.1, 0.15) is 12.2 Å². The maximum absolute atomic E-state index is 13.6. The van der Waals surface area contributed by atoms with E-state index < -0.39 is 0 Å². The van der Waals surface area contributed by atoms with E-state index in [2.05, 4.69) is 13.0 Å². The minimum atomic E-state index is -0.369. The van der Waals surface area contributed by atoms with Gasteiger partial charge in [-0.15, -0.1) is 0 Å². The SMILES string of the molecule is CC[C@H]1CCCC[C@@H](C)C(=O)C2=CC3C4CCCC4=C4C=CC(=O)OC4C3C2CC(=O)O1. The first kappa shape index (κ1) is 21.7. The predicted octanol–water partition coefficient (Wildman–Crippen LogP) is 4.86. The zero-order valence-electron chi connectivity index (χ0n) is 19.2. The second-order valence-corrected chi connectivity index (χ2v) is 10.3. The molecule has 0 amide bonds. The Labute approximate surface area is 190 Å². The lowest BCUT2D eigenvalue weighted by atomic mass is 9.66. The number of fused-ring (bicyclic) bond motifs is 7. The number of rotatable bonds is 1. The van der Waals surface area contributed by atoms with Crippen molar-refractivity contribution in [3.05, 3.63) is 34.9 Å². The van der Waals surface area contributed by atoms with Crippen molar-refractivity contribution in [1.29, 1.82) is 0 Å². The van der Waals surface area contributed by atoms with Gasteiger partial charge in [0, 0.05) is 23.8 Å². The summed E-state index contributed by atoms with van der Waals surface area (Å²) in [4.78, 5) is 38.8. The molecule has 0 aromatic heterocycles. The van der Waals surface area contributed by atoms with E-state index in [1.807, 2.05) is 13.0 Å². The summed E-state index contributed by atoms with van der Waals surface area (Å²) < 4.78 is 11.7. The van der Waals surface area contributed by atoms with Gasteiger partial charge in [-0.25, -0.2) is 4.79 Å². The smallest absolute Gasteiger partial charge is 0.331 e. The largest absolute Gasteiger partial charge is 0.462 e. The van der Waals surface area contributed by atoms with Crippen LogP contribution in [0, 0.1) is 29.6 Å². The highest BCUT2D eigenvalue weighted by Gasteiger charge is 2.54. The summed E-state index contributed by atoms with van der Waals surface area (Å²) in [7, 11) is 0. The Morgan fingerprint density at radius 2 is 1.78 bits per heavy atom. The van der Waals surface area contributed by atoms with Gasteiger partial charge < -0.3 is 9.47 Å². The van der Waals surface area contributed by atoms with Crippen LogP contribution in [-0.2, 0) is 23.9 Å². The molecule has 1 saturated heterocycles. The number of carbonyl (C=O) groups is 3. The Bertz CT molecular complexity index is 909. The van der Waals surface area contributed by atoms with Crippen LogP contribution >= 0.6 is 0 Å². The molecule has 0 N–H and O–H groups in total. The molecule has 0 aromatic rings. The number of allylic oxidation sites excluding steroid dienone is 3. The number of hydrogen-bond donors (Lipinski definition) is 0. The number of ketones is 1. The van der Waals surface area contributed by atoms with Crippen LogP contribution in [0.4, 0.5) is 0 Å². The van der Waals surface area contributed by atoms with E-state index in [1.165, 1.54) is 11.6 Å². The molecule has 32 heavy (non-hydrogen) atoms. The second-order valence-electron chi connectivity index (χ2n) is 10.3. The Kier molecular flexibility index (Phi) is 5.85. The van der Waals surface area contributed by atoms with Crippen molar-refractivity contribution in [1.82, 2.24) is 0 Å². The summed E-state index contributed by atoms with van der Waals surface area (Å²) in [6.07, 6.45) is 13.1. The summed E-state index contributed by atoms with van der Waals surface area (Å²) in [5.74, 6) is -0.220. The molecule has 5 unspecified atom stereocenters. The van der Waals surface area contributed by atoms with E-state index >= 15 is 0 Å². The van der Waals surface area contributed by atoms with Gasteiger partial charge in [-0.3, -0.25) is 9.59 Å². The first-order chi connectivity index (χ1) is 15.5. The van der Waals surface area contributed by atoms with Gasteiger partial charge in [0.05, 0.1) is 6.42 Å². The highest BCUT2D eigenvalue weighted by Crippen LogP contribution is 2.57. The number of ether oxygens (including phenoxy) is 2. The van der Waals surface area contributed by atoms with Crippen LogP contribution in [0.15, 0.2) is 34.9 Å². The maximum Gasteiger partial charge on any atom is 0.331 e. The van der Waals surface area contributed by atoms with Gasteiger partial charge in [-0.2, -0.15) is 0 Å². The molecule has 5 aliphatic rings. The zero-order valence-corrected chi connectivity index (χ0v) is 19.2. The van der Waals surface area contributed by atoms with Crippen LogP contribution in [0.25, 0.3) is 0 Å². The van der Waals surface area contributed by atoms with E-state index in [4.69, 9.17) is 9.47 Å². The minimum absolute atomic E-state index is 0.0521. The molecule has 2 fully saturated rings. The molecule has 2 heterocycles. The fourth-order valence-electron chi connectivity index (χ4n) is 6.94. The van der Waals surface area contributed by atoms with Crippen molar-refractivity contribution in [3.8, 4) is 0 Å². The molecule has 7 atom stereocenters. The molecular weight excluding hydrogens is 404 g/mol. The van der Waals surface area contributed by atoms with Crippen LogP contribution in [0.3, 0.4) is 0 Å². The summed E-state index contributed by atoms with van der Waals surface area (Å²) in [5.41, 5.74) is 3.30. The predicted molar refractivity (Wildman–Crippen MR) is 119 cm³/mol. The molecule has 5 nitrogen and oxygen atoms in total. The van der Waals surface area contributed by atoms with Crippen LogP contribution in [0.2, 0.25) is 0 Å². The molecule has 0 bridgehead atoms. The van der Waals surface area contributed by atoms with Crippen LogP contribution in [0.1, 0.15) is 71.6 Å². The first-order valence-electron chi connectivity index (χ1n) is 12.5. The number of Topliss-reactive ketones (excluding diaryl/α,β-unsaturated/α-hetero) is 1. The molecule has 0 spiro atoms. The highest BCUT2D eigenvalue weighted by atomic mass is 16.5. The monoisotopic (exact) mass is 438 g/mol. The van der Waals surface area contributed by atoms with Gasteiger partial charge in [0.25, 0.3) is 0 Å². The van der Waals surface area contributed by atoms with Gasteiger partial charge in [-0.05, 0) is 74.0 Å². The highest BCUT2D eigenvalue weighted by molar-refractivity contribution is 5.98. The maximum atomic E-state index is 13.6. The van der Waals surface area contributed by atoms with E-state index in [0.717, 1.165) is 62.5 Å². The summed E-state index contributed by atoms with van der Waals surface area (Å²) in [6.45, 7) is 4.08. The second kappa shape index (κ2) is 8.64. The lowest BCUT2D eigenvalue weighted by molar-refractivity contribution is -0.152. The van der Waals surface area contributed by atoms with Gasteiger partial charge in [0.15, 0.2) is 5.78 Å². The molecule has 0 aromatic carbocycles. The quantitative estimate of drug-likeness (QED) is 0.547. The summed E-state index contributed by atoms with van der Waals surface area (Å²) >= 11 is 0. The third-order valence-corrected chi connectivity index (χ3v) is 8.51. The van der Waals surface area contributed by atoms with Gasteiger partial charge in [-0.1, -0.05) is 31.9 Å². The lowest BCUT2D eigenvalue weighted by Gasteiger charge is -2.42. The Balaban J connectivity index is 1.54. The minimum Gasteiger partial charge on any atom is -0.462 e. The van der Waals surface area contributed by atoms with E-state index in [9.17, 15) is 14.4 Å². The third-order valence-electron chi connectivity index (χ3n) is 8.51. The number of cyclic esters (lactones) is 1. The average molecular weight is 439 g/mol. The first-order valence-corrected chi connectivity index (χ1v) is 12.5. The van der Waals surface area contributed by atoms with E-state index in [-0.39, 0.29) is 60.0 Å². The molecule has 0 radical (unpaired) electrons.